The molecule has 0 radical (unpaired) electrons. The van der Waals surface area contributed by atoms with E-state index in [1.807, 2.05) is 0 Å². The van der Waals surface area contributed by atoms with Gasteiger partial charge in [-0.2, -0.15) is 0 Å². The topological polar surface area (TPSA) is 80.5 Å². The molecule has 1 N–H and O–H groups in total. The molecule has 1 aliphatic rings. The fourth-order valence-corrected chi connectivity index (χ4v) is 2.81. The molecule has 3 rings (SSSR count). The van der Waals surface area contributed by atoms with Crippen molar-refractivity contribution in [3.8, 4) is 5.13 Å². The summed E-state index contributed by atoms with van der Waals surface area (Å²) < 4.78 is 6.81. The van der Waals surface area contributed by atoms with E-state index in [2.05, 4.69) is 15.1 Å². The number of hydrogen-bond donors (Lipinski definition) is 1. The first-order valence-electron chi connectivity index (χ1n) is 5.83. The largest absolute Gasteiger partial charge is 0.477 e. The van der Waals surface area contributed by atoms with Gasteiger partial charge in [-0.05, 0) is 12.1 Å². The van der Waals surface area contributed by atoms with Crippen LogP contribution in [0.1, 0.15) is 10.5 Å². The highest BCUT2D eigenvalue weighted by molar-refractivity contribution is 7.17. The van der Waals surface area contributed by atoms with Crippen molar-refractivity contribution >= 4 is 22.4 Å². The van der Waals surface area contributed by atoms with Crippen LogP contribution in [0.2, 0.25) is 0 Å². The van der Waals surface area contributed by atoms with Crippen LogP contribution in [-0.4, -0.2) is 52.1 Å². The van der Waals surface area contributed by atoms with Gasteiger partial charge in [-0.3, -0.25) is 4.57 Å². The Morgan fingerprint density at radius 1 is 1.32 bits per heavy atom. The number of nitrogens with zero attached hydrogens (tertiary/aromatic N) is 4. The van der Waals surface area contributed by atoms with Crippen LogP contribution < -0.4 is 4.90 Å². The number of aromatic carboxylic acids is 1. The molecule has 0 atom stereocenters. The molecule has 0 unspecified atom stereocenters. The Balaban J connectivity index is 1.88. The van der Waals surface area contributed by atoms with Crippen molar-refractivity contribution in [2.75, 3.05) is 31.2 Å². The van der Waals surface area contributed by atoms with E-state index >= 15 is 0 Å². The summed E-state index contributed by atoms with van der Waals surface area (Å²) in [5.41, 5.74) is 0.185. The Bertz CT molecular complexity index is 588. The zero-order chi connectivity index (χ0) is 13.2. The Labute approximate surface area is 113 Å². The zero-order valence-electron chi connectivity index (χ0n) is 10.0. The van der Waals surface area contributed by atoms with Crippen molar-refractivity contribution in [2.45, 2.75) is 0 Å². The highest BCUT2D eigenvalue weighted by Gasteiger charge is 2.18. The van der Waals surface area contributed by atoms with Gasteiger partial charge in [0.05, 0.1) is 13.2 Å². The van der Waals surface area contributed by atoms with E-state index in [4.69, 9.17) is 9.84 Å². The average Bonchev–Trinajstić information content (AvgIpc) is 3.08. The molecule has 2 aromatic heterocycles. The number of hydrogen-bond acceptors (Lipinski definition) is 6. The van der Waals surface area contributed by atoms with Crippen molar-refractivity contribution in [3.63, 3.8) is 0 Å². The van der Waals surface area contributed by atoms with E-state index in [1.165, 1.54) is 22.0 Å². The lowest BCUT2D eigenvalue weighted by Gasteiger charge is -2.25. The first-order valence-corrected chi connectivity index (χ1v) is 6.64. The number of carboxylic acids is 1. The molecule has 1 saturated heterocycles. The molecule has 7 nitrogen and oxygen atoms in total. The third kappa shape index (κ3) is 2.32. The molecule has 0 aliphatic carbocycles. The van der Waals surface area contributed by atoms with Gasteiger partial charge in [-0.1, -0.05) is 11.3 Å². The second-order valence-corrected chi connectivity index (χ2v) is 4.97. The molecule has 1 aliphatic heterocycles. The van der Waals surface area contributed by atoms with Crippen molar-refractivity contribution in [2.24, 2.45) is 0 Å². The molecule has 19 heavy (non-hydrogen) atoms. The van der Waals surface area contributed by atoms with Gasteiger partial charge >= 0.3 is 5.97 Å². The molecule has 0 bridgehead atoms. The van der Waals surface area contributed by atoms with E-state index in [1.54, 1.807) is 12.3 Å². The van der Waals surface area contributed by atoms with E-state index < -0.39 is 5.97 Å². The molecule has 0 saturated carbocycles. The summed E-state index contributed by atoms with van der Waals surface area (Å²) in [7, 11) is 0. The first-order chi connectivity index (χ1) is 9.25. The van der Waals surface area contributed by atoms with E-state index in [0.717, 1.165) is 18.2 Å². The number of aromatic nitrogens is 3. The summed E-state index contributed by atoms with van der Waals surface area (Å²) in [6.45, 7) is 2.93. The lowest BCUT2D eigenvalue weighted by molar-refractivity contribution is 0.0688. The molecule has 100 valence electrons. The van der Waals surface area contributed by atoms with Crippen molar-refractivity contribution in [3.05, 3.63) is 24.0 Å². The molecular weight excluding hydrogens is 268 g/mol. The molecule has 0 aromatic carbocycles. The molecule has 1 fully saturated rings. The summed E-state index contributed by atoms with van der Waals surface area (Å²) in [5, 5.41) is 18.6. The summed E-state index contributed by atoms with van der Waals surface area (Å²) in [6.07, 6.45) is 1.67. The van der Waals surface area contributed by atoms with Crippen LogP contribution in [0.3, 0.4) is 0 Å². The number of anilines is 1. The standard InChI is InChI=1S/C11H12N4O3S/c16-9(17)8-2-1-3-15(8)11-13-12-10(19-11)14-4-6-18-7-5-14/h1-3H,4-7H2,(H,16,17). The maximum Gasteiger partial charge on any atom is 0.352 e. The Morgan fingerprint density at radius 3 is 2.79 bits per heavy atom. The van der Waals surface area contributed by atoms with Gasteiger partial charge in [-0.15, -0.1) is 10.2 Å². The van der Waals surface area contributed by atoms with Gasteiger partial charge in [0, 0.05) is 19.3 Å². The fraction of sp³-hybridized carbons (Fsp3) is 0.364. The van der Waals surface area contributed by atoms with Crippen LogP contribution in [0.4, 0.5) is 5.13 Å². The Morgan fingerprint density at radius 2 is 2.05 bits per heavy atom. The Kier molecular flexibility index (Phi) is 3.18. The summed E-state index contributed by atoms with van der Waals surface area (Å²) in [5.74, 6) is -0.979. The highest BCUT2D eigenvalue weighted by atomic mass is 32.1. The predicted molar refractivity (Wildman–Crippen MR) is 69.2 cm³/mol. The number of carboxylic acid groups (broad SMARTS) is 1. The van der Waals surface area contributed by atoms with E-state index in [9.17, 15) is 4.79 Å². The minimum Gasteiger partial charge on any atom is -0.477 e. The van der Waals surface area contributed by atoms with Crippen molar-refractivity contribution < 1.29 is 14.6 Å². The SMILES string of the molecule is O=C(O)c1cccn1-c1nnc(N2CCOCC2)s1. The minimum atomic E-state index is -0.979. The molecule has 8 heteroatoms. The lowest BCUT2D eigenvalue weighted by Crippen LogP contribution is -2.36. The quantitative estimate of drug-likeness (QED) is 0.898. The smallest absolute Gasteiger partial charge is 0.352 e. The summed E-state index contributed by atoms with van der Waals surface area (Å²) >= 11 is 1.38. The van der Waals surface area contributed by atoms with Gasteiger partial charge in [0.25, 0.3) is 0 Å². The molecular formula is C11H12N4O3S. The van der Waals surface area contributed by atoms with Crippen LogP contribution in [0.25, 0.3) is 5.13 Å². The van der Waals surface area contributed by atoms with Crippen LogP contribution in [0, 0.1) is 0 Å². The van der Waals surface area contributed by atoms with Crippen LogP contribution in [0.5, 0.6) is 0 Å². The maximum atomic E-state index is 11.1. The van der Waals surface area contributed by atoms with Crippen molar-refractivity contribution in [1.82, 2.24) is 14.8 Å². The lowest BCUT2D eigenvalue weighted by atomic mass is 10.4. The second-order valence-electron chi connectivity index (χ2n) is 4.04. The third-order valence-electron chi connectivity index (χ3n) is 2.86. The maximum absolute atomic E-state index is 11.1. The molecule has 3 heterocycles. The van der Waals surface area contributed by atoms with Crippen LogP contribution >= 0.6 is 11.3 Å². The van der Waals surface area contributed by atoms with Gasteiger partial charge in [-0.25, -0.2) is 4.79 Å². The molecule has 0 amide bonds. The number of ether oxygens (including phenoxy) is 1. The number of carbonyl (C=O) groups is 1. The van der Waals surface area contributed by atoms with Gasteiger partial charge in [0.2, 0.25) is 10.3 Å². The second kappa shape index (κ2) is 4.98. The molecule has 0 spiro atoms. The van der Waals surface area contributed by atoms with E-state index in [-0.39, 0.29) is 5.69 Å². The highest BCUT2D eigenvalue weighted by Crippen LogP contribution is 2.25. The zero-order valence-corrected chi connectivity index (χ0v) is 10.8. The summed E-state index contributed by atoms with van der Waals surface area (Å²) in [4.78, 5) is 13.2. The summed E-state index contributed by atoms with van der Waals surface area (Å²) in [6, 6.07) is 3.22. The predicted octanol–water partition coefficient (Wildman–Crippen LogP) is 0.864. The minimum absolute atomic E-state index is 0.185. The number of morpholine rings is 1. The monoisotopic (exact) mass is 280 g/mol. The van der Waals surface area contributed by atoms with Gasteiger partial charge in [0.15, 0.2) is 0 Å². The van der Waals surface area contributed by atoms with Crippen LogP contribution in [-0.2, 0) is 4.74 Å². The fourth-order valence-electron chi connectivity index (χ4n) is 1.91. The van der Waals surface area contributed by atoms with Crippen molar-refractivity contribution in [1.29, 1.82) is 0 Å². The Hall–Kier alpha value is -1.93. The van der Waals surface area contributed by atoms with Gasteiger partial charge < -0.3 is 14.7 Å². The third-order valence-corrected chi connectivity index (χ3v) is 3.84. The average molecular weight is 280 g/mol. The number of rotatable bonds is 3. The van der Waals surface area contributed by atoms with E-state index in [0.29, 0.717) is 18.3 Å². The van der Waals surface area contributed by atoms with Crippen LogP contribution in [0.15, 0.2) is 18.3 Å². The first kappa shape index (κ1) is 12.1. The molecule has 2 aromatic rings. The van der Waals surface area contributed by atoms with Gasteiger partial charge in [0.1, 0.15) is 5.69 Å². The normalized spacial score (nSPS) is 15.7.